The van der Waals surface area contributed by atoms with E-state index in [-0.39, 0.29) is 19.0 Å². The Morgan fingerprint density at radius 2 is 2.00 bits per heavy atom. The molecule has 0 saturated carbocycles. The molecule has 0 atom stereocenters. The number of aryl methyl sites for hydroxylation is 2. The molecule has 0 bridgehead atoms. The van der Waals surface area contributed by atoms with E-state index in [1.54, 1.807) is 0 Å². The summed E-state index contributed by atoms with van der Waals surface area (Å²) in [6.45, 7) is 0.131. The molecule has 0 aliphatic heterocycles. The number of hydrogen-bond donors (Lipinski definition) is 3. The van der Waals surface area contributed by atoms with Gasteiger partial charge in [0.05, 0.1) is 6.42 Å². The van der Waals surface area contributed by atoms with Gasteiger partial charge in [-0.2, -0.15) is 0 Å². The van der Waals surface area contributed by atoms with Crippen LogP contribution in [0.5, 0.6) is 0 Å². The minimum absolute atomic E-state index is 0.0718. The maximum Gasteiger partial charge on any atom is 0.319 e. The van der Waals surface area contributed by atoms with Crippen LogP contribution in [0.2, 0.25) is 0 Å². The minimum atomic E-state index is -0.923. The van der Waals surface area contributed by atoms with Crippen LogP contribution in [0.4, 0.5) is 10.5 Å². The van der Waals surface area contributed by atoms with Crippen LogP contribution >= 0.6 is 0 Å². The predicted octanol–water partition coefficient (Wildman–Crippen LogP) is 1.77. The molecule has 2 rings (SSSR count). The Bertz CT molecular complexity index is 471. The van der Waals surface area contributed by atoms with Crippen molar-refractivity contribution in [3.63, 3.8) is 0 Å². The van der Waals surface area contributed by atoms with Crippen LogP contribution in [0.3, 0.4) is 0 Å². The van der Waals surface area contributed by atoms with Gasteiger partial charge in [-0.05, 0) is 42.5 Å². The summed E-state index contributed by atoms with van der Waals surface area (Å²) in [6, 6.07) is 5.53. The molecule has 0 saturated heterocycles. The van der Waals surface area contributed by atoms with E-state index < -0.39 is 5.97 Å². The van der Waals surface area contributed by atoms with Gasteiger partial charge in [0.2, 0.25) is 0 Å². The van der Waals surface area contributed by atoms with Crippen molar-refractivity contribution < 1.29 is 14.7 Å². The number of carbonyl (C=O) groups is 2. The molecule has 0 aromatic heterocycles. The molecule has 3 N–H and O–H groups in total. The van der Waals surface area contributed by atoms with Crippen LogP contribution in [0.25, 0.3) is 0 Å². The fourth-order valence-electron chi connectivity index (χ4n) is 2.11. The first-order valence-electron chi connectivity index (χ1n) is 6.03. The van der Waals surface area contributed by atoms with Crippen LogP contribution in [0.15, 0.2) is 18.2 Å². The van der Waals surface area contributed by atoms with Crippen molar-refractivity contribution in [2.24, 2.45) is 0 Å². The second-order valence-corrected chi connectivity index (χ2v) is 4.36. The lowest BCUT2D eigenvalue weighted by Crippen LogP contribution is -2.30. The van der Waals surface area contributed by atoms with Crippen molar-refractivity contribution in [1.29, 1.82) is 0 Å². The van der Waals surface area contributed by atoms with Gasteiger partial charge in [0.1, 0.15) is 0 Å². The molecule has 0 fully saturated rings. The lowest BCUT2D eigenvalue weighted by Gasteiger charge is -2.08. The lowest BCUT2D eigenvalue weighted by atomic mass is 10.1. The molecule has 5 nitrogen and oxygen atoms in total. The van der Waals surface area contributed by atoms with E-state index in [1.165, 1.54) is 17.5 Å². The highest BCUT2D eigenvalue weighted by Crippen LogP contribution is 2.24. The van der Waals surface area contributed by atoms with Gasteiger partial charge < -0.3 is 15.7 Å². The monoisotopic (exact) mass is 248 g/mol. The summed E-state index contributed by atoms with van der Waals surface area (Å²) in [5.41, 5.74) is 3.40. The molecule has 1 aliphatic carbocycles. The highest BCUT2D eigenvalue weighted by atomic mass is 16.4. The third-order valence-electron chi connectivity index (χ3n) is 2.98. The zero-order valence-corrected chi connectivity index (χ0v) is 10.0. The zero-order chi connectivity index (χ0) is 13.0. The Kier molecular flexibility index (Phi) is 3.82. The van der Waals surface area contributed by atoms with Gasteiger partial charge in [-0.1, -0.05) is 6.07 Å². The Morgan fingerprint density at radius 1 is 1.22 bits per heavy atom. The number of rotatable bonds is 4. The number of hydrogen-bond acceptors (Lipinski definition) is 2. The lowest BCUT2D eigenvalue weighted by molar-refractivity contribution is -0.136. The van der Waals surface area contributed by atoms with Crippen molar-refractivity contribution in [2.45, 2.75) is 25.7 Å². The quantitative estimate of drug-likeness (QED) is 0.759. The van der Waals surface area contributed by atoms with Crippen molar-refractivity contribution >= 4 is 17.7 Å². The average molecular weight is 248 g/mol. The summed E-state index contributed by atoms with van der Waals surface area (Å²) in [6.07, 6.45) is 3.27. The molecule has 18 heavy (non-hydrogen) atoms. The van der Waals surface area contributed by atoms with Gasteiger partial charge in [0, 0.05) is 12.2 Å². The number of aliphatic carboxylic acids is 1. The summed E-state index contributed by atoms with van der Waals surface area (Å²) >= 11 is 0. The second-order valence-electron chi connectivity index (χ2n) is 4.36. The summed E-state index contributed by atoms with van der Waals surface area (Å²) in [5, 5.41) is 13.7. The number of nitrogens with one attached hydrogen (secondary N) is 2. The Labute approximate surface area is 105 Å². The van der Waals surface area contributed by atoms with Gasteiger partial charge in [0.25, 0.3) is 0 Å². The number of carboxylic acid groups (broad SMARTS) is 1. The van der Waals surface area contributed by atoms with Crippen LogP contribution in [0.1, 0.15) is 24.0 Å². The van der Waals surface area contributed by atoms with Crippen molar-refractivity contribution in [1.82, 2.24) is 5.32 Å². The number of carboxylic acids is 1. The predicted molar refractivity (Wildman–Crippen MR) is 67.7 cm³/mol. The molecule has 0 unspecified atom stereocenters. The Morgan fingerprint density at radius 3 is 2.78 bits per heavy atom. The highest BCUT2D eigenvalue weighted by Gasteiger charge is 2.11. The molecule has 0 heterocycles. The fraction of sp³-hybridized carbons (Fsp3) is 0.385. The third kappa shape index (κ3) is 3.23. The molecule has 2 amide bonds. The smallest absolute Gasteiger partial charge is 0.319 e. The average Bonchev–Trinajstić information content (AvgIpc) is 2.75. The fourth-order valence-corrected chi connectivity index (χ4v) is 2.11. The van der Waals surface area contributed by atoms with Crippen molar-refractivity contribution in [3.8, 4) is 0 Å². The van der Waals surface area contributed by atoms with Gasteiger partial charge in [-0.25, -0.2) is 4.79 Å². The summed E-state index contributed by atoms with van der Waals surface area (Å²) < 4.78 is 0. The maximum atomic E-state index is 11.5. The largest absolute Gasteiger partial charge is 0.481 e. The summed E-state index contributed by atoms with van der Waals surface area (Å²) in [5.74, 6) is -0.923. The number of carbonyl (C=O) groups excluding carboxylic acids is 1. The number of anilines is 1. The molecule has 1 aromatic carbocycles. The Hall–Kier alpha value is -2.04. The Balaban J connectivity index is 1.85. The van der Waals surface area contributed by atoms with Gasteiger partial charge in [0.15, 0.2) is 0 Å². The first kappa shape index (κ1) is 12.4. The normalized spacial score (nSPS) is 12.9. The minimum Gasteiger partial charge on any atom is -0.481 e. The van der Waals surface area contributed by atoms with E-state index in [4.69, 9.17) is 5.11 Å². The SMILES string of the molecule is O=C(O)CCNC(=O)Nc1ccc2c(c1)CCC2. The van der Waals surface area contributed by atoms with Crippen LogP contribution < -0.4 is 10.6 Å². The maximum absolute atomic E-state index is 11.5. The van der Waals surface area contributed by atoms with Gasteiger partial charge in [-0.15, -0.1) is 0 Å². The number of urea groups is 1. The number of benzene rings is 1. The van der Waals surface area contributed by atoms with Crippen molar-refractivity contribution in [2.75, 3.05) is 11.9 Å². The van der Waals surface area contributed by atoms with E-state index in [0.29, 0.717) is 0 Å². The highest BCUT2D eigenvalue weighted by molar-refractivity contribution is 5.89. The molecule has 0 radical (unpaired) electrons. The van der Waals surface area contributed by atoms with Crippen LogP contribution in [-0.4, -0.2) is 23.7 Å². The van der Waals surface area contributed by atoms with Gasteiger partial charge >= 0.3 is 12.0 Å². The third-order valence-corrected chi connectivity index (χ3v) is 2.98. The molecule has 5 heteroatoms. The van der Waals surface area contributed by atoms with E-state index in [2.05, 4.69) is 10.6 Å². The van der Waals surface area contributed by atoms with Gasteiger partial charge in [-0.3, -0.25) is 4.79 Å². The van der Waals surface area contributed by atoms with Crippen molar-refractivity contribution in [3.05, 3.63) is 29.3 Å². The zero-order valence-electron chi connectivity index (χ0n) is 10.0. The van der Waals surface area contributed by atoms with E-state index in [0.717, 1.165) is 18.5 Å². The summed E-state index contributed by atoms with van der Waals surface area (Å²) in [4.78, 5) is 21.8. The number of amides is 2. The second kappa shape index (κ2) is 5.53. The molecular weight excluding hydrogens is 232 g/mol. The molecule has 0 spiro atoms. The molecule has 1 aliphatic rings. The van der Waals surface area contributed by atoms with E-state index >= 15 is 0 Å². The van der Waals surface area contributed by atoms with E-state index in [1.807, 2.05) is 18.2 Å². The van der Waals surface area contributed by atoms with E-state index in [9.17, 15) is 9.59 Å². The van der Waals surface area contributed by atoms with Crippen LogP contribution in [0, 0.1) is 0 Å². The topological polar surface area (TPSA) is 78.4 Å². The number of fused-ring (bicyclic) bond motifs is 1. The van der Waals surface area contributed by atoms with Crippen LogP contribution in [-0.2, 0) is 17.6 Å². The summed E-state index contributed by atoms with van der Waals surface area (Å²) in [7, 11) is 0. The standard InChI is InChI=1S/C13H16N2O3/c16-12(17)6-7-14-13(18)15-11-5-4-9-2-1-3-10(9)8-11/h4-5,8H,1-3,6-7H2,(H,16,17)(H2,14,15,18). The first-order chi connectivity index (χ1) is 8.65. The molecular formula is C13H16N2O3. The first-order valence-corrected chi connectivity index (χ1v) is 6.03. The molecule has 1 aromatic rings. The molecule has 96 valence electrons.